The van der Waals surface area contributed by atoms with Crippen molar-refractivity contribution in [3.05, 3.63) is 28.0 Å². The Balaban J connectivity index is 2.54. The molecule has 1 heterocycles. The predicted molar refractivity (Wildman–Crippen MR) is 76.1 cm³/mol. The number of esters is 1. The van der Waals surface area contributed by atoms with Crippen molar-refractivity contribution >= 4 is 29.2 Å². The van der Waals surface area contributed by atoms with E-state index in [0.29, 0.717) is 12.0 Å². The molecule has 0 saturated heterocycles. The van der Waals surface area contributed by atoms with Crippen molar-refractivity contribution in [1.82, 2.24) is 4.98 Å². The number of hydrogen-bond donors (Lipinski definition) is 1. The van der Waals surface area contributed by atoms with Gasteiger partial charge in [0.15, 0.2) is 0 Å². The van der Waals surface area contributed by atoms with Crippen molar-refractivity contribution in [3.8, 4) is 0 Å². The van der Waals surface area contributed by atoms with Crippen LogP contribution in [0.1, 0.15) is 32.8 Å². The van der Waals surface area contributed by atoms with Crippen LogP contribution in [0.25, 0.3) is 0 Å². The zero-order chi connectivity index (χ0) is 14.6. The van der Waals surface area contributed by atoms with Crippen molar-refractivity contribution in [3.63, 3.8) is 0 Å². The third kappa shape index (κ3) is 6.23. The molecule has 0 amide bonds. The average Bonchev–Trinajstić information content (AvgIpc) is 2.22. The Morgan fingerprint density at radius 1 is 1.37 bits per heavy atom. The highest BCUT2D eigenvalue weighted by molar-refractivity contribution is 6.32. The van der Waals surface area contributed by atoms with Gasteiger partial charge < -0.3 is 10.5 Å². The fourth-order valence-electron chi connectivity index (χ4n) is 1.60. The molecule has 19 heavy (non-hydrogen) atoms. The van der Waals surface area contributed by atoms with E-state index in [1.807, 2.05) is 20.8 Å². The van der Waals surface area contributed by atoms with Gasteiger partial charge in [-0.3, -0.25) is 4.79 Å². The molecule has 0 aromatic carbocycles. The first kappa shape index (κ1) is 16.2. The highest BCUT2D eigenvalue weighted by Crippen LogP contribution is 2.21. The fourth-order valence-corrected chi connectivity index (χ4v) is 2.11. The molecular formula is C13H18Cl2N2O2. The lowest BCUT2D eigenvalue weighted by molar-refractivity contribution is -0.147. The standard InChI is InChI=1S/C13H18Cl2N2O2/c1-13(2,3)6-9(16)12(18)19-7-8-4-10(14)17-11(15)5-8/h4-5,9H,6-7,16H2,1-3H3/t9-/m0/s1. The Labute approximate surface area is 123 Å². The molecule has 4 nitrogen and oxygen atoms in total. The molecule has 0 aliphatic carbocycles. The van der Waals surface area contributed by atoms with E-state index < -0.39 is 12.0 Å². The summed E-state index contributed by atoms with van der Waals surface area (Å²) in [6.45, 7) is 6.13. The molecule has 0 radical (unpaired) electrons. The normalized spacial score (nSPS) is 13.2. The van der Waals surface area contributed by atoms with Crippen molar-refractivity contribution in [2.24, 2.45) is 11.1 Å². The summed E-state index contributed by atoms with van der Waals surface area (Å²) in [5, 5.41) is 0.523. The largest absolute Gasteiger partial charge is 0.460 e. The quantitative estimate of drug-likeness (QED) is 0.685. The van der Waals surface area contributed by atoms with E-state index in [2.05, 4.69) is 4.98 Å². The van der Waals surface area contributed by atoms with Crippen LogP contribution < -0.4 is 5.73 Å². The number of aromatic nitrogens is 1. The summed E-state index contributed by atoms with van der Waals surface area (Å²) < 4.78 is 5.14. The minimum absolute atomic E-state index is 0.0261. The van der Waals surface area contributed by atoms with Gasteiger partial charge in [0.25, 0.3) is 0 Å². The van der Waals surface area contributed by atoms with Crippen molar-refractivity contribution in [1.29, 1.82) is 0 Å². The first-order valence-corrected chi connectivity index (χ1v) is 6.67. The smallest absolute Gasteiger partial charge is 0.323 e. The Hall–Kier alpha value is -0.840. The number of carbonyl (C=O) groups excluding carboxylic acids is 1. The van der Waals surface area contributed by atoms with E-state index in [-0.39, 0.29) is 22.3 Å². The highest BCUT2D eigenvalue weighted by atomic mass is 35.5. The van der Waals surface area contributed by atoms with Gasteiger partial charge in [0.05, 0.1) is 0 Å². The molecule has 1 atom stereocenters. The number of ether oxygens (including phenoxy) is 1. The molecule has 0 spiro atoms. The van der Waals surface area contributed by atoms with E-state index >= 15 is 0 Å². The maximum Gasteiger partial charge on any atom is 0.323 e. The second kappa shape index (κ2) is 6.55. The van der Waals surface area contributed by atoms with E-state index in [0.717, 1.165) is 0 Å². The van der Waals surface area contributed by atoms with Crippen LogP contribution in [0.4, 0.5) is 0 Å². The van der Waals surface area contributed by atoms with Gasteiger partial charge in [-0.1, -0.05) is 44.0 Å². The summed E-state index contributed by atoms with van der Waals surface area (Å²) >= 11 is 11.5. The summed E-state index contributed by atoms with van der Waals surface area (Å²) in [6, 6.07) is 2.55. The number of pyridine rings is 1. The maximum atomic E-state index is 11.7. The number of carbonyl (C=O) groups is 1. The summed E-state index contributed by atoms with van der Waals surface area (Å²) in [7, 11) is 0. The number of nitrogens with two attached hydrogens (primary N) is 1. The van der Waals surface area contributed by atoms with Crippen LogP contribution >= 0.6 is 23.2 Å². The predicted octanol–water partition coefficient (Wildman–Crippen LogP) is 3.20. The van der Waals surface area contributed by atoms with Crippen molar-refractivity contribution in [2.75, 3.05) is 0 Å². The second-order valence-electron chi connectivity index (χ2n) is 5.60. The zero-order valence-electron chi connectivity index (χ0n) is 11.2. The molecule has 0 aliphatic rings. The molecule has 0 unspecified atom stereocenters. The average molecular weight is 305 g/mol. The molecule has 2 N–H and O–H groups in total. The van der Waals surface area contributed by atoms with Gasteiger partial charge >= 0.3 is 5.97 Å². The van der Waals surface area contributed by atoms with Crippen LogP contribution in [0.2, 0.25) is 10.3 Å². The summed E-state index contributed by atoms with van der Waals surface area (Å²) in [5.41, 5.74) is 6.44. The zero-order valence-corrected chi connectivity index (χ0v) is 12.8. The molecule has 0 fully saturated rings. The Morgan fingerprint density at radius 2 is 1.89 bits per heavy atom. The second-order valence-corrected chi connectivity index (χ2v) is 6.37. The molecule has 6 heteroatoms. The highest BCUT2D eigenvalue weighted by Gasteiger charge is 2.22. The van der Waals surface area contributed by atoms with E-state index in [4.69, 9.17) is 33.7 Å². The molecule has 0 saturated carbocycles. The minimum atomic E-state index is -0.632. The lowest BCUT2D eigenvalue weighted by Crippen LogP contribution is -2.35. The van der Waals surface area contributed by atoms with Gasteiger partial charge in [-0.15, -0.1) is 0 Å². The number of hydrogen-bond acceptors (Lipinski definition) is 4. The van der Waals surface area contributed by atoms with Gasteiger partial charge in [-0.25, -0.2) is 4.98 Å². The Morgan fingerprint density at radius 3 is 2.37 bits per heavy atom. The SMILES string of the molecule is CC(C)(C)C[C@H](N)C(=O)OCc1cc(Cl)nc(Cl)c1. The van der Waals surface area contributed by atoms with Crippen LogP contribution in [0.5, 0.6) is 0 Å². The van der Waals surface area contributed by atoms with Gasteiger partial charge in [-0.2, -0.15) is 0 Å². The molecule has 0 aliphatic heterocycles. The van der Waals surface area contributed by atoms with Crippen LogP contribution in [-0.4, -0.2) is 17.0 Å². The number of rotatable bonds is 4. The summed E-state index contributed by atoms with van der Waals surface area (Å²) in [5.74, 6) is -0.431. The molecule has 1 aromatic heterocycles. The fraction of sp³-hybridized carbons (Fsp3) is 0.538. The summed E-state index contributed by atoms with van der Waals surface area (Å²) in [6.07, 6.45) is 0.559. The van der Waals surface area contributed by atoms with Gasteiger partial charge in [0.2, 0.25) is 0 Å². The molecule has 106 valence electrons. The molecular weight excluding hydrogens is 287 g/mol. The number of nitrogens with zero attached hydrogens (tertiary/aromatic N) is 1. The van der Waals surface area contributed by atoms with E-state index in [1.165, 1.54) is 0 Å². The minimum Gasteiger partial charge on any atom is -0.460 e. The van der Waals surface area contributed by atoms with Crippen LogP contribution in [0.15, 0.2) is 12.1 Å². The van der Waals surface area contributed by atoms with Gasteiger partial charge in [-0.05, 0) is 29.5 Å². The molecule has 1 aromatic rings. The lowest BCUT2D eigenvalue weighted by atomic mass is 9.88. The Bertz CT molecular complexity index is 438. The lowest BCUT2D eigenvalue weighted by Gasteiger charge is -2.21. The molecule has 0 bridgehead atoms. The van der Waals surface area contributed by atoms with Gasteiger partial charge in [0.1, 0.15) is 23.0 Å². The van der Waals surface area contributed by atoms with Crippen molar-refractivity contribution in [2.45, 2.75) is 39.8 Å². The first-order valence-electron chi connectivity index (χ1n) is 5.91. The molecule has 1 rings (SSSR count). The van der Waals surface area contributed by atoms with Crippen LogP contribution in [0.3, 0.4) is 0 Å². The monoisotopic (exact) mass is 304 g/mol. The summed E-state index contributed by atoms with van der Waals surface area (Å²) in [4.78, 5) is 15.5. The first-order chi connectivity index (χ1) is 8.67. The number of halogens is 2. The van der Waals surface area contributed by atoms with E-state index in [1.54, 1.807) is 12.1 Å². The third-order valence-electron chi connectivity index (χ3n) is 2.34. The van der Waals surface area contributed by atoms with Gasteiger partial charge in [0, 0.05) is 0 Å². The third-order valence-corrected chi connectivity index (χ3v) is 2.73. The maximum absolute atomic E-state index is 11.7. The van der Waals surface area contributed by atoms with Crippen LogP contribution in [-0.2, 0) is 16.1 Å². The van der Waals surface area contributed by atoms with Crippen molar-refractivity contribution < 1.29 is 9.53 Å². The topological polar surface area (TPSA) is 65.2 Å². The Kier molecular flexibility index (Phi) is 5.59. The van der Waals surface area contributed by atoms with E-state index in [9.17, 15) is 4.79 Å². The van der Waals surface area contributed by atoms with Crippen LogP contribution in [0, 0.1) is 5.41 Å².